The predicted molar refractivity (Wildman–Crippen MR) is 85.8 cm³/mol. The Hall–Kier alpha value is -0.770. The third-order valence-electron chi connectivity index (χ3n) is 4.47. The number of likely N-dealkylation sites (tertiary alicyclic amines) is 1. The number of rotatable bonds is 2. The number of amides is 1. The molecule has 1 N–H and O–H groups in total. The van der Waals surface area contributed by atoms with Gasteiger partial charge in [0.15, 0.2) is 0 Å². The van der Waals surface area contributed by atoms with Crippen LogP contribution in [0.4, 0.5) is 0 Å². The maximum absolute atomic E-state index is 12.7. The number of hydrogen-bond acceptors (Lipinski definition) is 2. The van der Waals surface area contributed by atoms with Gasteiger partial charge in [0.25, 0.3) is 0 Å². The van der Waals surface area contributed by atoms with Crippen molar-refractivity contribution in [2.24, 2.45) is 0 Å². The van der Waals surface area contributed by atoms with E-state index in [-0.39, 0.29) is 18.0 Å². The van der Waals surface area contributed by atoms with Crippen LogP contribution in [0.3, 0.4) is 0 Å². The van der Waals surface area contributed by atoms with E-state index in [1.54, 1.807) is 0 Å². The lowest BCUT2D eigenvalue weighted by molar-refractivity contribution is -0.135. The van der Waals surface area contributed by atoms with Crippen LogP contribution in [0.25, 0.3) is 0 Å². The highest BCUT2D eigenvalue weighted by molar-refractivity contribution is 6.42. The average Bonchev–Trinajstić information content (AvgIpc) is 2.99. The van der Waals surface area contributed by atoms with E-state index in [9.17, 15) is 4.79 Å². The Labute approximate surface area is 135 Å². The molecule has 2 saturated heterocycles. The van der Waals surface area contributed by atoms with Crippen molar-refractivity contribution in [1.29, 1.82) is 0 Å². The van der Waals surface area contributed by atoms with E-state index in [1.807, 2.05) is 23.1 Å². The molecular formula is C16H20Cl2N2O. The molecule has 2 aliphatic heterocycles. The van der Waals surface area contributed by atoms with Crippen molar-refractivity contribution in [3.05, 3.63) is 33.8 Å². The van der Waals surface area contributed by atoms with Gasteiger partial charge in [-0.25, -0.2) is 0 Å². The molecule has 1 unspecified atom stereocenters. The predicted octanol–water partition coefficient (Wildman–Crippen LogP) is 3.80. The Morgan fingerprint density at radius 2 is 2.00 bits per heavy atom. The van der Waals surface area contributed by atoms with Gasteiger partial charge in [-0.3, -0.25) is 4.79 Å². The van der Waals surface area contributed by atoms with Crippen molar-refractivity contribution in [3.63, 3.8) is 0 Å². The van der Waals surface area contributed by atoms with Gasteiger partial charge >= 0.3 is 0 Å². The third kappa shape index (κ3) is 3.20. The van der Waals surface area contributed by atoms with E-state index in [2.05, 4.69) is 5.32 Å². The molecule has 5 heteroatoms. The molecule has 21 heavy (non-hydrogen) atoms. The molecule has 1 aromatic rings. The smallest absolute Gasteiger partial charge is 0.240 e. The molecule has 114 valence electrons. The van der Waals surface area contributed by atoms with Crippen LogP contribution in [0, 0.1) is 0 Å². The standard InChI is InChI=1S/C16H20Cl2N2O/c17-12-7-6-11(10-13(12)18)15-5-3-9-20(15)16(21)14-4-1-2-8-19-14/h6-7,10,14-15,19H,1-5,8-9H2/t14-,15?/m0/s1. The molecule has 1 amide bonds. The van der Waals surface area contributed by atoms with Crippen LogP contribution in [-0.2, 0) is 4.79 Å². The van der Waals surface area contributed by atoms with E-state index in [0.29, 0.717) is 10.0 Å². The molecule has 2 heterocycles. The summed E-state index contributed by atoms with van der Waals surface area (Å²) >= 11 is 12.1. The molecule has 3 rings (SSSR count). The Balaban J connectivity index is 1.78. The van der Waals surface area contributed by atoms with Gasteiger partial charge in [0.05, 0.1) is 22.1 Å². The number of carbonyl (C=O) groups is 1. The van der Waals surface area contributed by atoms with Crippen LogP contribution in [0.5, 0.6) is 0 Å². The summed E-state index contributed by atoms with van der Waals surface area (Å²) in [6, 6.07) is 5.82. The number of hydrogen-bond donors (Lipinski definition) is 1. The van der Waals surface area contributed by atoms with Crippen LogP contribution in [-0.4, -0.2) is 29.9 Å². The van der Waals surface area contributed by atoms with Gasteiger partial charge in [-0.2, -0.15) is 0 Å². The number of carbonyl (C=O) groups excluding carboxylic acids is 1. The van der Waals surface area contributed by atoms with Gasteiger partial charge in [-0.05, 0) is 49.9 Å². The monoisotopic (exact) mass is 326 g/mol. The number of piperidine rings is 1. The number of nitrogens with zero attached hydrogens (tertiary/aromatic N) is 1. The van der Waals surface area contributed by atoms with Crippen molar-refractivity contribution in [3.8, 4) is 0 Å². The zero-order valence-electron chi connectivity index (χ0n) is 11.9. The fraction of sp³-hybridized carbons (Fsp3) is 0.562. The van der Waals surface area contributed by atoms with Crippen LogP contribution < -0.4 is 5.32 Å². The lowest BCUT2D eigenvalue weighted by atomic mass is 10.0. The van der Waals surface area contributed by atoms with Gasteiger partial charge in [-0.1, -0.05) is 35.7 Å². The summed E-state index contributed by atoms with van der Waals surface area (Å²) in [7, 11) is 0. The molecule has 0 aromatic heterocycles. The van der Waals surface area contributed by atoms with Crippen LogP contribution in [0.1, 0.15) is 43.7 Å². The summed E-state index contributed by atoms with van der Waals surface area (Å²) in [6.07, 6.45) is 5.29. The first-order valence-corrected chi connectivity index (χ1v) is 8.41. The lowest BCUT2D eigenvalue weighted by Gasteiger charge is -2.31. The van der Waals surface area contributed by atoms with Gasteiger partial charge in [0, 0.05) is 6.54 Å². The van der Waals surface area contributed by atoms with E-state index in [0.717, 1.165) is 44.3 Å². The van der Waals surface area contributed by atoms with Crippen LogP contribution in [0.15, 0.2) is 18.2 Å². The molecule has 1 aromatic carbocycles. The highest BCUT2D eigenvalue weighted by atomic mass is 35.5. The maximum atomic E-state index is 12.7. The first kappa shape index (κ1) is 15.1. The van der Waals surface area contributed by atoms with Crippen LogP contribution in [0.2, 0.25) is 10.0 Å². The van der Waals surface area contributed by atoms with Crippen molar-refractivity contribution in [2.45, 2.75) is 44.2 Å². The quantitative estimate of drug-likeness (QED) is 0.896. The average molecular weight is 327 g/mol. The summed E-state index contributed by atoms with van der Waals surface area (Å²) in [5.41, 5.74) is 1.09. The Bertz CT molecular complexity index is 529. The molecule has 0 radical (unpaired) electrons. The van der Waals surface area contributed by atoms with Gasteiger partial charge in [-0.15, -0.1) is 0 Å². The van der Waals surface area contributed by atoms with E-state index < -0.39 is 0 Å². The first-order chi connectivity index (χ1) is 10.2. The van der Waals surface area contributed by atoms with Gasteiger partial charge in [0.1, 0.15) is 0 Å². The summed E-state index contributed by atoms with van der Waals surface area (Å²) in [5.74, 6) is 0.239. The highest BCUT2D eigenvalue weighted by Gasteiger charge is 2.34. The van der Waals surface area contributed by atoms with Crippen LogP contribution >= 0.6 is 23.2 Å². The van der Waals surface area contributed by atoms with Crippen molar-refractivity contribution in [2.75, 3.05) is 13.1 Å². The maximum Gasteiger partial charge on any atom is 0.240 e. The molecular weight excluding hydrogens is 307 g/mol. The fourth-order valence-electron chi connectivity index (χ4n) is 3.36. The van der Waals surface area contributed by atoms with Gasteiger partial charge < -0.3 is 10.2 Å². The molecule has 0 spiro atoms. The van der Waals surface area contributed by atoms with Crippen molar-refractivity contribution >= 4 is 29.1 Å². The topological polar surface area (TPSA) is 32.3 Å². The minimum atomic E-state index is -0.0119. The van der Waals surface area contributed by atoms with E-state index in [4.69, 9.17) is 23.2 Å². The van der Waals surface area contributed by atoms with Gasteiger partial charge in [0.2, 0.25) is 5.91 Å². The molecule has 2 aliphatic rings. The first-order valence-electron chi connectivity index (χ1n) is 7.65. The van der Waals surface area contributed by atoms with E-state index in [1.165, 1.54) is 6.42 Å². The Kier molecular flexibility index (Phi) is 4.72. The summed E-state index contributed by atoms with van der Waals surface area (Å²) in [4.78, 5) is 14.8. The molecule has 2 fully saturated rings. The summed E-state index contributed by atoms with van der Waals surface area (Å²) < 4.78 is 0. The zero-order chi connectivity index (χ0) is 14.8. The molecule has 0 bridgehead atoms. The minimum absolute atomic E-state index is 0.0119. The molecule has 0 aliphatic carbocycles. The Morgan fingerprint density at radius 3 is 2.71 bits per heavy atom. The van der Waals surface area contributed by atoms with Crippen molar-refractivity contribution < 1.29 is 4.79 Å². The SMILES string of the molecule is O=C([C@@H]1CCCCN1)N1CCCC1c1ccc(Cl)c(Cl)c1. The summed E-state index contributed by atoms with van der Waals surface area (Å²) in [6.45, 7) is 1.78. The fourth-order valence-corrected chi connectivity index (χ4v) is 3.67. The van der Waals surface area contributed by atoms with Crippen molar-refractivity contribution in [1.82, 2.24) is 10.2 Å². The summed E-state index contributed by atoms with van der Waals surface area (Å²) in [5, 5.41) is 4.47. The normalized spacial score (nSPS) is 26.1. The highest BCUT2D eigenvalue weighted by Crippen LogP contribution is 2.35. The largest absolute Gasteiger partial charge is 0.334 e. The zero-order valence-corrected chi connectivity index (χ0v) is 13.5. The van der Waals surface area contributed by atoms with E-state index >= 15 is 0 Å². The second-order valence-corrected chi connectivity index (χ2v) is 6.68. The number of halogens is 2. The molecule has 3 nitrogen and oxygen atoms in total. The lowest BCUT2D eigenvalue weighted by Crippen LogP contribution is -2.48. The third-order valence-corrected chi connectivity index (χ3v) is 5.21. The second kappa shape index (κ2) is 6.55. The number of benzene rings is 1. The molecule has 2 atom stereocenters. The second-order valence-electron chi connectivity index (χ2n) is 5.87. The number of nitrogens with one attached hydrogen (secondary N) is 1. The Morgan fingerprint density at radius 1 is 1.14 bits per heavy atom. The minimum Gasteiger partial charge on any atom is -0.334 e. The molecule has 0 saturated carbocycles.